The molecule has 1 aliphatic rings. The summed E-state index contributed by atoms with van der Waals surface area (Å²) in [7, 11) is 0. The van der Waals surface area contributed by atoms with Crippen LogP contribution in [0.5, 0.6) is 0 Å². The summed E-state index contributed by atoms with van der Waals surface area (Å²) in [6, 6.07) is 8.04. The molecule has 0 spiro atoms. The van der Waals surface area contributed by atoms with Crippen molar-refractivity contribution in [2.45, 2.75) is 18.9 Å². The maximum atomic E-state index is 11.5. The van der Waals surface area contributed by atoms with E-state index in [-0.39, 0.29) is 12.3 Å². The first-order valence-electron chi connectivity index (χ1n) is 6.02. The van der Waals surface area contributed by atoms with Gasteiger partial charge in [-0.05, 0) is 12.1 Å². The lowest BCUT2D eigenvalue weighted by Crippen LogP contribution is -2.28. The lowest BCUT2D eigenvalue weighted by atomic mass is 10.3. The Morgan fingerprint density at radius 2 is 2.28 bits per heavy atom. The van der Waals surface area contributed by atoms with E-state index in [1.54, 1.807) is 16.2 Å². The largest absolute Gasteiger partial charge is 0.391 e. The van der Waals surface area contributed by atoms with Crippen LogP contribution in [-0.4, -0.2) is 40.1 Å². The van der Waals surface area contributed by atoms with Crippen molar-refractivity contribution in [1.29, 1.82) is 0 Å². The van der Waals surface area contributed by atoms with Crippen molar-refractivity contribution >= 4 is 27.5 Å². The van der Waals surface area contributed by atoms with Crippen molar-refractivity contribution in [3.63, 3.8) is 0 Å². The van der Waals surface area contributed by atoms with Crippen LogP contribution < -0.4 is 0 Å². The van der Waals surface area contributed by atoms with E-state index in [4.69, 9.17) is 0 Å². The number of amides is 1. The van der Waals surface area contributed by atoms with E-state index in [1.165, 1.54) is 4.70 Å². The lowest BCUT2D eigenvalue weighted by Gasteiger charge is -2.14. The first-order chi connectivity index (χ1) is 8.72. The smallest absolute Gasteiger partial charge is 0.225 e. The second-order valence-corrected chi connectivity index (χ2v) is 5.64. The fourth-order valence-electron chi connectivity index (χ4n) is 2.22. The molecule has 0 radical (unpaired) electrons. The third kappa shape index (κ3) is 2.23. The molecule has 1 N–H and O–H groups in total. The predicted molar refractivity (Wildman–Crippen MR) is 70.5 cm³/mol. The van der Waals surface area contributed by atoms with Gasteiger partial charge in [0.15, 0.2) is 0 Å². The van der Waals surface area contributed by atoms with E-state index in [9.17, 15) is 9.90 Å². The zero-order valence-electron chi connectivity index (χ0n) is 9.87. The Bertz CT molecular complexity index is 548. The van der Waals surface area contributed by atoms with Gasteiger partial charge >= 0.3 is 0 Å². The molecule has 4 nitrogen and oxygen atoms in total. The molecule has 1 saturated heterocycles. The Labute approximate surface area is 109 Å². The third-order valence-electron chi connectivity index (χ3n) is 3.13. The number of aliphatic hydroxyl groups is 1. The number of para-hydroxylation sites is 1. The zero-order valence-corrected chi connectivity index (χ0v) is 10.7. The minimum absolute atomic E-state index is 0.0450. The number of rotatable bonds is 3. The van der Waals surface area contributed by atoms with Crippen molar-refractivity contribution < 1.29 is 9.90 Å². The molecule has 2 heterocycles. The molecule has 94 valence electrons. The Morgan fingerprint density at radius 1 is 1.44 bits per heavy atom. The highest BCUT2D eigenvalue weighted by molar-refractivity contribution is 7.18. The van der Waals surface area contributed by atoms with Gasteiger partial charge in [-0.2, -0.15) is 0 Å². The topological polar surface area (TPSA) is 53.4 Å². The summed E-state index contributed by atoms with van der Waals surface area (Å²) in [4.78, 5) is 17.8. The Kier molecular flexibility index (Phi) is 3.01. The molecule has 0 bridgehead atoms. The van der Waals surface area contributed by atoms with Crippen LogP contribution in [0.15, 0.2) is 24.3 Å². The number of thiazole rings is 1. The van der Waals surface area contributed by atoms with Gasteiger partial charge in [0.05, 0.1) is 27.7 Å². The predicted octanol–water partition coefficient (Wildman–Crippen LogP) is 1.43. The quantitative estimate of drug-likeness (QED) is 0.910. The van der Waals surface area contributed by atoms with Crippen LogP contribution in [0.3, 0.4) is 0 Å². The Morgan fingerprint density at radius 3 is 3.00 bits per heavy atom. The number of benzene rings is 1. The summed E-state index contributed by atoms with van der Waals surface area (Å²) < 4.78 is 1.18. The summed E-state index contributed by atoms with van der Waals surface area (Å²) in [6.45, 7) is 1.11. The number of aromatic nitrogens is 1. The van der Waals surface area contributed by atoms with Gasteiger partial charge < -0.3 is 10.0 Å². The molecule has 1 fully saturated rings. The summed E-state index contributed by atoms with van der Waals surface area (Å²) in [5.74, 6) is 0.0450. The fraction of sp³-hybridized carbons (Fsp3) is 0.385. The monoisotopic (exact) mass is 262 g/mol. The highest BCUT2D eigenvalue weighted by Gasteiger charge is 2.27. The van der Waals surface area contributed by atoms with Crippen molar-refractivity contribution in [3.8, 4) is 0 Å². The highest BCUT2D eigenvalue weighted by atomic mass is 32.1. The van der Waals surface area contributed by atoms with E-state index in [1.807, 2.05) is 18.2 Å². The molecule has 1 atom stereocenters. The molecule has 2 aromatic rings. The van der Waals surface area contributed by atoms with Gasteiger partial charge in [0, 0.05) is 19.5 Å². The van der Waals surface area contributed by atoms with Crippen LogP contribution in [-0.2, 0) is 11.2 Å². The van der Waals surface area contributed by atoms with Crippen LogP contribution in [0, 0.1) is 0 Å². The van der Waals surface area contributed by atoms with Crippen molar-refractivity contribution in [1.82, 2.24) is 9.88 Å². The maximum absolute atomic E-state index is 11.5. The number of β-amino-alcohol motifs (C(OH)–C–C–N with tert-alkyl or cyclic N) is 1. The second-order valence-electron chi connectivity index (χ2n) is 4.52. The van der Waals surface area contributed by atoms with Gasteiger partial charge in [-0.1, -0.05) is 12.1 Å². The first kappa shape index (κ1) is 11.6. The first-order valence-corrected chi connectivity index (χ1v) is 6.84. The lowest BCUT2D eigenvalue weighted by molar-refractivity contribution is -0.127. The second kappa shape index (κ2) is 4.66. The summed E-state index contributed by atoms with van der Waals surface area (Å²) >= 11 is 1.67. The molecule has 5 heteroatoms. The normalized spacial score (nSPS) is 19.9. The Hall–Kier alpha value is -1.46. The van der Waals surface area contributed by atoms with Gasteiger partial charge in [-0.25, -0.2) is 4.98 Å². The van der Waals surface area contributed by atoms with E-state index >= 15 is 0 Å². The van der Waals surface area contributed by atoms with Gasteiger partial charge in [-0.3, -0.25) is 4.79 Å². The van der Waals surface area contributed by atoms with Crippen LogP contribution in [0.1, 0.15) is 11.4 Å². The maximum Gasteiger partial charge on any atom is 0.225 e. The standard InChI is InChI=1S/C13H14N2O2S/c16-9-7-13(17)15(8-9)6-5-12-14-10-3-1-2-4-11(10)18-12/h1-4,9,16H,5-8H2. The number of hydrogen-bond acceptors (Lipinski definition) is 4. The van der Waals surface area contributed by atoms with Crippen molar-refractivity contribution in [2.75, 3.05) is 13.1 Å². The number of carbonyl (C=O) groups is 1. The fourth-order valence-corrected chi connectivity index (χ4v) is 3.18. The molecular formula is C13H14N2O2S. The molecule has 1 aromatic carbocycles. The van der Waals surface area contributed by atoms with Crippen LogP contribution >= 0.6 is 11.3 Å². The number of hydrogen-bond donors (Lipinski definition) is 1. The van der Waals surface area contributed by atoms with E-state index in [0.29, 0.717) is 13.1 Å². The van der Waals surface area contributed by atoms with Gasteiger partial charge in [0.2, 0.25) is 5.91 Å². The molecule has 3 rings (SSSR count). The van der Waals surface area contributed by atoms with E-state index < -0.39 is 6.10 Å². The van der Waals surface area contributed by atoms with Crippen LogP contribution in [0.2, 0.25) is 0 Å². The minimum atomic E-state index is -0.493. The van der Waals surface area contributed by atoms with Gasteiger partial charge in [0.1, 0.15) is 0 Å². The minimum Gasteiger partial charge on any atom is -0.391 e. The molecule has 18 heavy (non-hydrogen) atoms. The summed E-state index contributed by atoms with van der Waals surface area (Å²) in [6.07, 6.45) is 0.533. The molecule has 0 saturated carbocycles. The summed E-state index contributed by atoms with van der Waals surface area (Å²) in [5.41, 5.74) is 1.02. The SMILES string of the molecule is O=C1CC(O)CN1CCc1nc2ccccc2s1. The number of aliphatic hydroxyl groups excluding tert-OH is 1. The Balaban J connectivity index is 1.68. The summed E-state index contributed by atoms with van der Waals surface area (Å²) in [5, 5.41) is 10.5. The number of fused-ring (bicyclic) bond motifs is 1. The average Bonchev–Trinajstić information content (AvgIpc) is 2.89. The molecular weight excluding hydrogens is 248 g/mol. The molecule has 0 aliphatic carbocycles. The van der Waals surface area contributed by atoms with E-state index in [2.05, 4.69) is 11.1 Å². The molecule has 1 aromatic heterocycles. The number of nitrogens with zero attached hydrogens (tertiary/aromatic N) is 2. The highest BCUT2D eigenvalue weighted by Crippen LogP contribution is 2.22. The molecule has 1 unspecified atom stereocenters. The number of carbonyl (C=O) groups excluding carboxylic acids is 1. The van der Waals surface area contributed by atoms with E-state index in [0.717, 1.165) is 16.9 Å². The van der Waals surface area contributed by atoms with Crippen molar-refractivity contribution in [2.24, 2.45) is 0 Å². The van der Waals surface area contributed by atoms with Gasteiger partial charge in [-0.15, -0.1) is 11.3 Å². The van der Waals surface area contributed by atoms with Gasteiger partial charge in [0.25, 0.3) is 0 Å². The van der Waals surface area contributed by atoms with Crippen LogP contribution in [0.25, 0.3) is 10.2 Å². The zero-order chi connectivity index (χ0) is 12.5. The number of likely N-dealkylation sites (tertiary alicyclic amines) is 1. The average molecular weight is 262 g/mol. The molecule has 1 aliphatic heterocycles. The molecule has 1 amide bonds. The van der Waals surface area contributed by atoms with Crippen molar-refractivity contribution in [3.05, 3.63) is 29.3 Å². The third-order valence-corrected chi connectivity index (χ3v) is 4.22. The van der Waals surface area contributed by atoms with Crippen LogP contribution in [0.4, 0.5) is 0 Å².